The van der Waals surface area contributed by atoms with E-state index in [2.05, 4.69) is 46.3 Å². The standard InChI is InChI=1S/C32H34Cl2N4O3/c33-27-10-13-30(31(34)19-27)32(23-38-18-15-36-24-38)40-22-29(41-32)21-39-28-11-8-26(9-12-28)20-37(17-14-35)16-4-7-25-5-2-1-3-6-25/h1-13,15,18-19,24,29H,14,16-17,20-23,35H2/t29-,32-/m1/s1. The van der Waals surface area contributed by atoms with Crippen molar-refractivity contribution in [2.75, 3.05) is 32.8 Å². The number of nitrogens with zero attached hydrogens (tertiary/aromatic N) is 3. The van der Waals surface area contributed by atoms with Crippen LogP contribution in [0.3, 0.4) is 0 Å². The van der Waals surface area contributed by atoms with Crippen LogP contribution in [-0.4, -0.2) is 53.4 Å². The Labute approximate surface area is 251 Å². The third-order valence-corrected chi connectivity index (χ3v) is 7.38. The summed E-state index contributed by atoms with van der Waals surface area (Å²) in [5.41, 5.74) is 8.96. The van der Waals surface area contributed by atoms with Crippen LogP contribution in [0.15, 0.2) is 97.6 Å². The Balaban J connectivity index is 1.17. The van der Waals surface area contributed by atoms with Gasteiger partial charge >= 0.3 is 0 Å². The molecule has 1 aliphatic heterocycles. The lowest BCUT2D eigenvalue weighted by molar-refractivity contribution is -0.189. The van der Waals surface area contributed by atoms with E-state index in [-0.39, 0.29) is 6.10 Å². The third-order valence-electron chi connectivity index (χ3n) is 6.84. The third kappa shape index (κ3) is 7.98. The number of imidazole rings is 1. The van der Waals surface area contributed by atoms with E-state index >= 15 is 0 Å². The SMILES string of the molecule is NCCN(CC=Cc1ccccc1)Cc1ccc(OC[C@@H]2CO[C@@](Cn3ccnc3)(c3ccc(Cl)cc3Cl)O2)cc1. The molecule has 5 rings (SSSR count). The lowest BCUT2D eigenvalue weighted by Gasteiger charge is -2.30. The van der Waals surface area contributed by atoms with Gasteiger partial charge in [0.15, 0.2) is 0 Å². The Bertz CT molecular complexity index is 1400. The van der Waals surface area contributed by atoms with Crippen LogP contribution in [0, 0.1) is 0 Å². The van der Waals surface area contributed by atoms with Crippen molar-refractivity contribution in [3.8, 4) is 5.75 Å². The zero-order valence-electron chi connectivity index (χ0n) is 22.7. The average molecular weight is 594 g/mol. The van der Waals surface area contributed by atoms with Gasteiger partial charge in [0.2, 0.25) is 5.79 Å². The number of hydrogen-bond donors (Lipinski definition) is 1. The summed E-state index contributed by atoms with van der Waals surface area (Å²) in [6.45, 7) is 4.12. The Hall–Kier alpha value is -3.17. The largest absolute Gasteiger partial charge is 0.491 e. The molecular weight excluding hydrogens is 559 g/mol. The number of benzene rings is 3. The summed E-state index contributed by atoms with van der Waals surface area (Å²) < 4.78 is 20.7. The molecule has 0 bridgehead atoms. The molecule has 1 fully saturated rings. The smallest absolute Gasteiger partial charge is 0.215 e. The second kappa shape index (κ2) is 14.1. The van der Waals surface area contributed by atoms with E-state index in [1.807, 2.05) is 47.2 Å². The fraction of sp³-hybridized carbons (Fsp3) is 0.281. The van der Waals surface area contributed by atoms with E-state index in [0.717, 1.165) is 25.4 Å². The topological polar surface area (TPSA) is 74.8 Å². The normalized spacial score (nSPS) is 18.9. The molecule has 1 saturated heterocycles. The van der Waals surface area contributed by atoms with Crippen LogP contribution < -0.4 is 10.5 Å². The van der Waals surface area contributed by atoms with E-state index < -0.39 is 5.79 Å². The molecule has 2 heterocycles. The highest BCUT2D eigenvalue weighted by Gasteiger charge is 2.45. The Morgan fingerprint density at radius 2 is 1.93 bits per heavy atom. The van der Waals surface area contributed by atoms with Crippen LogP contribution in [0.25, 0.3) is 6.08 Å². The van der Waals surface area contributed by atoms with Crippen LogP contribution in [-0.2, 0) is 28.4 Å². The van der Waals surface area contributed by atoms with Crippen molar-refractivity contribution in [2.24, 2.45) is 5.73 Å². The molecule has 2 N–H and O–H groups in total. The highest BCUT2D eigenvalue weighted by molar-refractivity contribution is 6.35. The highest BCUT2D eigenvalue weighted by atomic mass is 35.5. The molecule has 1 aliphatic rings. The lowest BCUT2D eigenvalue weighted by atomic mass is 10.1. The molecule has 7 nitrogen and oxygen atoms in total. The van der Waals surface area contributed by atoms with Gasteiger partial charge in [0.1, 0.15) is 18.5 Å². The molecule has 1 aromatic heterocycles. The first kappa shape index (κ1) is 29.3. The summed E-state index contributed by atoms with van der Waals surface area (Å²) in [5, 5.41) is 1.03. The molecule has 3 aromatic carbocycles. The predicted molar refractivity (Wildman–Crippen MR) is 163 cm³/mol. The molecule has 4 aromatic rings. The summed E-state index contributed by atoms with van der Waals surface area (Å²) in [4.78, 5) is 6.46. The quantitative estimate of drug-likeness (QED) is 0.205. The number of hydrogen-bond acceptors (Lipinski definition) is 6. The van der Waals surface area contributed by atoms with E-state index in [4.69, 9.17) is 43.1 Å². The van der Waals surface area contributed by atoms with E-state index in [0.29, 0.717) is 41.9 Å². The molecule has 214 valence electrons. The van der Waals surface area contributed by atoms with Gasteiger partial charge in [0, 0.05) is 49.2 Å². The minimum absolute atomic E-state index is 0.290. The Kier molecular flexibility index (Phi) is 10.1. The van der Waals surface area contributed by atoms with E-state index in [9.17, 15) is 0 Å². The molecule has 2 atom stereocenters. The van der Waals surface area contributed by atoms with Gasteiger partial charge in [-0.25, -0.2) is 4.98 Å². The lowest BCUT2D eigenvalue weighted by Crippen LogP contribution is -2.34. The van der Waals surface area contributed by atoms with Gasteiger partial charge in [-0.1, -0.05) is 83.9 Å². The van der Waals surface area contributed by atoms with Gasteiger partial charge in [-0.05, 0) is 35.4 Å². The second-order valence-corrected chi connectivity index (χ2v) is 10.8. The molecule has 41 heavy (non-hydrogen) atoms. The molecule has 0 aliphatic carbocycles. The Morgan fingerprint density at radius 3 is 2.66 bits per heavy atom. The van der Waals surface area contributed by atoms with Crippen LogP contribution in [0.2, 0.25) is 10.0 Å². The zero-order valence-corrected chi connectivity index (χ0v) is 24.3. The number of halogens is 2. The average Bonchev–Trinajstić information content (AvgIpc) is 3.64. The molecule has 0 radical (unpaired) electrons. The number of nitrogens with two attached hydrogens (primary N) is 1. The van der Waals surface area contributed by atoms with Crippen LogP contribution in [0.1, 0.15) is 16.7 Å². The molecule has 9 heteroatoms. The summed E-state index contributed by atoms with van der Waals surface area (Å²) in [7, 11) is 0. The number of rotatable bonds is 13. The summed E-state index contributed by atoms with van der Waals surface area (Å²) in [6.07, 6.45) is 9.32. The van der Waals surface area contributed by atoms with Crippen molar-refractivity contribution in [1.29, 1.82) is 0 Å². The predicted octanol–water partition coefficient (Wildman–Crippen LogP) is 6.01. The maximum atomic E-state index is 6.57. The van der Waals surface area contributed by atoms with Crippen LogP contribution >= 0.6 is 23.2 Å². The molecule has 0 amide bonds. The van der Waals surface area contributed by atoms with Crippen LogP contribution in [0.5, 0.6) is 5.75 Å². The van der Waals surface area contributed by atoms with Gasteiger partial charge in [0.25, 0.3) is 0 Å². The Morgan fingerprint density at radius 1 is 1.10 bits per heavy atom. The van der Waals surface area contributed by atoms with E-state index in [1.165, 1.54) is 11.1 Å². The minimum atomic E-state index is -1.08. The van der Waals surface area contributed by atoms with Gasteiger partial charge in [-0.2, -0.15) is 0 Å². The summed E-state index contributed by atoms with van der Waals surface area (Å²) in [5.74, 6) is -0.315. The second-order valence-electron chi connectivity index (χ2n) is 9.95. The first-order chi connectivity index (χ1) is 20.0. The monoisotopic (exact) mass is 592 g/mol. The fourth-order valence-electron chi connectivity index (χ4n) is 4.83. The zero-order chi connectivity index (χ0) is 28.5. The number of aromatic nitrogens is 2. The molecular formula is C32H34Cl2N4O3. The van der Waals surface area contributed by atoms with Crippen molar-refractivity contribution >= 4 is 29.3 Å². The highest BCUT2D eigenvalue weighted by Crippen LogP contribution is 2.40. The first-order valence-electron chi connectivity index (χ1n) is 13.6. The van der Waals surface area contributed by atoms with Crippen molar-refractivity contribution in [3.05, 3.63) is 124 Å². The van der Waals surface area contributed by atoms with Crippen molar-refractivity contribution in [1.82, 2.24) is 14.5 Å². The summed E-state index contributed by atoms with van der Waals surface area (Å²) >= 11 is 12.7. The van der Waals surface area contributed by atoms with Crippen molar-refractivity contribution in [2.45, 2.75) is 25.0 Å². The molecule has 0 spiro atoms. The molecule has 0 saturated carbocycles. The fourth-order valence-corrected chi connectivity index (χ4v) is 5.39. The van der Waals surface area contributed by atoms with Gasteiger partial charge in [-0.15, -0.1) is 0 Å². The van der Waals surface area contributed by atoms with Crippen LogP contribution in [0.4, 0.5) is 0 Å². The van der Waals surface area contributed by atoms with E-state index in [1.54, 1.807) is 24.7 Å². The maximum absolute atomic E-state index is 6.57. The number of ether oxygens (including phenoxy) is 3. The van der Waals surface area contributed by atoms with Crippen molar-refractivity contribution < 1.29 is 14.2 Å². The van der Waals surface area contributed by atoms with Gasteiger partial charge in [0.05, 0.1) is 24.5 Å². The minimum Gasteiger partial charge on any atom is -0.491 e. The summed E-state index contributed by atoms with van der Waals surface area (Å²) in [6, 6.07) is 23.8. The first-order valence-corrected chi connectivity index (χ1v) is 14.4. The molecule has 0 unspecified atom stereocenters. The van der Waals surface area contributed by atoms with Gasteiger partial charge < -0.3 is 24.5 Å². The van der Waals surface area contributed by atoms with Crippen molar-refractivity contribution in [3.63, 3.8) is 0 Å². The van der Waals surface area contributed by atoms with Gasteiger partial charge in [-0.3, -0.25) is 4.90 Å². The maximum Gasteiger partial charge on any atom is 0.215 e.